The molecule has 0 radical (unpaired) electrons. The molecule has 3 heterocycles. The lowest BCUT2D eigenvalue weighted by Crippen LogP contribution is -2.43. The molecule has 31 heavy (non-hydrogen) atoms. The number of fused-ring (bicyclic) bond motifs is 2. The Morgan fingerprint density at radius 3 is 2.87 bits per heavy atom. The highest BCUT2D eigenvalue weighted by Crippen LogP contribution is 2.44. The van der Waals surface area contributed by atoms with Crippen molar-refractivity contribution in [1.82, 2.24) is 15.0 Å². The first-order chi connectivity index (χ1) is 15.0. The fraction of sp³-hybridized carbons (Fsp3) is 0.217. The number of aromatic amines is 1. The summed E-state index contributed by atoms with van der Waals surface area (Å²) >= 11 is 0. The molecular weight excluding hydrogens is 402 g/mol. The molecular formula is C23H20F2N4O2. The fourth-order valence-electron chi connectivity index (χ4n) is 3.90. The molecule has 6 nitrogen and oxygen atoms in total. The number of aromatic nitrogens is 3. The van der Waals surface area contributed by atoms with Crippen LogP contribution in [-0.2, 0) is 4.74 Å². The van der Waals surface area contributed by atoms with Crippen LogP contribution in [0, 0.1) is 18.6 Å². The van der Waals surface area contributed by atoms with E-state index in [1.54, 1.807) is 7.11 Å². The fourth-order valence-corrected chi connectivity index (χ4v) is 3.90. The molecule has 158 valence electrons. The molecule has 0 unspecified atom stereocenters. The third-order valence-electron chi connectivity index (χ3n) is 5.30. The predicted molar refractivity (Wildman–Crippen MR) is 114 cm³/mol. The van der Waals surface area contributed by atoms with Crippen LogP contribution < -0.4 is 9.64 Å². The first kappa shape index (κ1) is 19.4. The molecule has 1 atom stereocenters. The van der Waals surface area contributed by atoms with Crippen LogP contribution in [0.25, 0.3) is 22.4 Å². The lowest BCUT2D eigenvalue weighted by atomic mass is 10.1. The number of anilines is 2. The highest BCUT2D eigenvalue weighted by molar-refractivity contribution is 5.85. The van der Waals surface area contributed by atoms with Crippen molar-refractivity contribution in [3.8, 4) is 17.1 Å². The number of aryl methyl sites for hydroxylation is 1. The van der Waals surface area contributed by atoms with Crippen LogP contribution in [-0.4, -0.2) is 41.3 Å². The van der Waals surface area contributed by atoms with E-state index in [0.29, 0.717) is 30.4 Å². The second-order valence-corrected chi connectivity index (χ2v) is 7.51. The second kappa shape index (κ2) is 7.63. The first-order valence-electron chi connectivity index (χ1n) is 9.87. The molecule has 0 spiro atoms. The van der Waals surface area contributed by atoms with Gasteiger partial charge in [-0.3, -0.25) is 0 Å². The molecule has 2 aromatic carbocycles. The van der Waals surface area contributed by atoms with Crippen LogP contribution in [0.15, 0.2) is 48.7 Å². The summed E-state index contributed by atoms with van der Waals surface area (Å²) in [5.41, 5.74) is 2.89. The van der Waals surface area contributed by atoms with Gasteiger partial charge in [-0.1, -0.05) is 12.1 Å². The average molecular weight is 422 g/mol. The summed E-state index contributed by atoms with van der Waals surface area (Å²) in [6.07, 6.45) is 1.81. The third-order valence-corrected chi connectivity index (χ3v) is 5.30. The van der Waals surface area contributed by atoms with Crippen molar-refractivity contribution >= 4 is 22.5 Å². The molecule has 1 aliphatic rings. The molecule has 0 amide bonds. The number of H-pyrrole nitrogens is 1. The lowest BCUT2D eigenvalue weighted by molar-refractivity contribution is 0.146. The minimum Gasteiger partial charge on any atom is -0.488 e. The van der Waals surface area contributed by atoms with Gasteiger partial charge < -0.3 is 19.4 Å². The molecule has 0 saturated heterocycles. The molecule has 5 rings (SSSR count). The number of methoxy groups -OCH3 is 1. The number of imidazole rings is 1. The van der Waals surface area contributed by atoms with Gasteiger partial charge in [0.2, 0.25) is 0 Å². The van der Waals surface area contributed by atoms with Crippen LogP contribution in [0.3, 0.4) is 0 Å². The van der Waals surface area contributed by atoms with Gasteiger partial charge in [0.1, 0.15) is 29.6 Å². The number of rotatable bonds is 4. The van der Waals surface area contributed by atoms with Crippen LogP contribution in [0.2, 0.25) is 0 Å². The Kier molecular flexibility index (Phi) is 4.78. The Bertz CT molecular complexity index is 1260. The van der Waals surface area contributed by atoms with Gasteiger partial charge in [-0.25, -0.2) is 18.7 Å². The number of ether oxygens (including phenoxy) is 2. The number of benzene rings is 2. The van der Waals surface area contributed by atoms with E-state index in [2.05, 4.69) is 19.9 Å². The van der Waals surface area contributed by atoms with E-state index in [4.69, 9.17) is 9.47 Å². The molecule has 0 saturated carbocycles. The van der Waals surface area contributed by atoms with Crippen molar-refractivity contribution in [3.63, 3.8) is 0 Å². The van der Waals surface area contributed by atoms with E-state index in [1.165, 1.54) is 6.07 Å². The van der Waals surface area contributed by atoms with E-state index in [9.17, 15) is 8.78 Å². The highest BCUT2D eigenvalue weighted by atomic mass is 19.1. The molecule has 2 aromatic heterocycles. The van der Waals surface area contributed by atoms with E-state index in [-0.39, 0.29) is 17.1 Å². The summed E-state index contributed by atoms with van der Waals surface area (Å²) < 4.78 is 39.3. The van der Waals surface area contributed by atoms with Crippen LogP contribution in [0.5, 0.6) is 5.75 Å². The molecule has 0 fully saturated rings. The monoisotopic (exact) mass is 422 g/mol. The van der Waals surface area contributed by atoms with Crippen LogP contribution >= 0.6 is 0 Å². The lowest BCUT2D eigenvalue weighted by Gasteiger charge is -2.38. The van der Waals surface area contributed by atoms with Gasteiger partial charge in [0.25, 0.3) is 0 Å². The van der Waals surface area contributed by atoms with Gasteiger partial charge in [0.05, 0.1) is 29.4 Å². The van der Waals surface area contributed by atoms with Gasteiger partial charge >= 0.3 is 0 Å². The maximum Gasteiger partial charge on any atom is 0.154 e. The standard InChI is InChI=1S/C23H20F2N4O2/c1-13-6-7-20(26-10-13)29-15(11-30-2)12-31-22-16(4-3-5-19(22)29)23-27-18-9-14(24)8-17(25)21(18)28-23/h3-10,15H,11-12H2,1-2H3,(H,27,28)/t15-/m0/s1. The summed E-state index contributed by atoms with van der Waals surface area (Å²) in [6.45, 7) is 2.81. The van der Waals surface area contributed by atoms with Crippen molar-refractivity contribution in [2.24, 2.45) is 0 Å². The topological polar surface area (TPSA) is 63.3 Å². The predicted octanol–water partition coefficient (Wildman–Crippen LogP) is 4.76. The zero-order valence-corrected chi connectivity index (χ0v) is 17.0. The largest absolute Gasteiger partial charge is 0.488 e. The van der Waals surface area contributed by atoms with E-state index >= 15 is 0 Å². The zero-order valence-electron chi connectivity index (χ0n) is 17.0. The van der Waals surface area contributed by atoms with Crippen molar-refractivity contribution in [2.75, 3.05) is 25.2 Å². The van der Waals surface area contributed by atoms with Crippen LogP contribution in [0.1, 0.15) is 5.56 Å². The number of hydrogen-bond acceptors (Lipinski definition) is 5. The van der Waals surface area contributed by atoms with Gasteiger partial charge in [0, 0.05) is 19.4 Å². The number of nitrogens with one attached hydrogen (secondary N) is 1. The Morgan fingerprint density at radius 2 is 2.10 bits per heavy atom. The molecule has 4 aromatic rings. The van der Waals surface area contributed by atoms with Gasteiger partial charge in [-0.2, -0.15) is 0 Å². The van der Waals surface area contributed by atoms with Gasteiger partial charge in [-0.15, -0.1) is 0 Å². The van der Waals surface area contributed by atoms with Gasteiger partial charge in [-0.05, 0) is 36.8 Å². The normalized spacial score (nSPS) is 15.7. The van der Waals surface area contributed by atoms with E-state index in [1.807, 2.05) is 43.5 Å². The number of hydrogen-bond donors (Lipinski definition) is 1. The van der Waals surface area contributed by atoms with Crippen molar-refractivity contribution in [1.29, 1.82) is 0 Å². The Balaban J connectivity index is 1.65. The maximum atomic E-state index is 14.2. The number of para-hydroxylation sites is 1. The summed E-state index contributed by atoms with van der Waals surface area (Å²) in [4.78, 5) is 14.0. The number of halogens is 2. The quantitative estimate of drug-likeness (QED) is 0.514. The van der Waals surface area contributed by atoms with Gasteiger partial charge in [0.15, 0.2) is 11.6 Å². The summed E-state index contributed by atoms with van der Waals surface area (Å²) in [7, 11) is 1.65. The van der Waals surface area contributed by atoms with Crippen LogP contribution in [0.4, 0.5) is 20.3 Å². The molecule has 0 bridgehead atoms. The Hall–Kier alpha value is -3.52. The maximum absolute atomic E-state index is 14.2. The van der Waals surface area contributed by atoms with E-state index < -0.39 is 11.6 Å². The van der Waals surface area contributed by atoms with Crippen molar-refractivity contribution in [3.05, 3.63) is 65.9 Å². The van der Waals surface area contributed by atoms with E-state index in [0.717, 1.165) is 23.1 Å². The molecule has 0 aliphatic carbocycles. The highest BCUT2D eigenvalue weighted by Gasteiger charge is 2.32. The Labute approximate surface area is 177 Å². The first-order valence-corrected chi connectivity index (χ1v) is 9.87. The summed E-state index contributed by atoms with van der Waals surface area (Å²) in [5.74, 6) is 0.391. The molecule has 1 N–H and O–H groups in total. The summed E-state index contributed by atoms with van der Waals surface area (Å²) in [6, 6.07) is 11.6. The smallest absolute Gasteiger partial charge is 0.154 e. The average Bonchev–Trinajstić information content (AvgIpc) is 3.18. The summed E-state index contributed by atoms with van der Waals surface area (Å²) in [5, 5.41) is 0. The Morgan fingerprint density at radius 1 is 1.23 bits per heavy atom. The minimum absolute atomic E-state index is 0.0785. The second-order valence-electron chi connectivity index (χ2n) is 7.51. The number of nitrogens with zero attached hydrogens (tertiary/aromatic N) is 3. The minimum atomic E-state index is -0.714. The number of pyridine rings is 1. The molecule has 1 aliphatic heterocycles. The van der Waals surface area contributed by atoms with Crippen molar-refractivity contribution < 1.29 is 18.3 Å². The molecule has 8 heteroatoms. The zero-order chi connectivity index (χ0) is 21.5. The third kappa shape index (κ3) is 3.38. The SMILES string of the molecule is COC[C@H]1COc2c(-c3nc4c(F)cc(F)cc4[nH]3)cccc2N1c1ccc(C)cn1. The van der Waals surface area contributed by atoms with Crippen molar-refractivity contribution in [2.45, 2.75) is 13.0 Å².